The molecule has 0 aromatic carbocycles. The number of ether oxygens (including phenoxy) is 1. The predicted molar refractivity (Wildman–Crippen MR) is 67.6 cm³/mol. The number of nitrogens with one attached hydrogen (secondary N) is 2. The molecule has 0 spiro atoms. The van der Waals surface area contributed by atoms with E-state index in [0.717, 1.165) is 0 Å². The molecule has 0 aliphatic carbocycles. The van der Waals surface area contributed by atoms with Crippen LogP contribution in [-0.2, 0) is 9.53 Å². The van der Waals surface area contributed by atoms with Gasteiger partial charge >= 0.3 is 12.1 Å². The third-order valence-corrected chi connectivity index (χ3v) is 2.28. The molecular formula is C11H23N3O5. The Morgan fingerprint density at radius 3 is 2.21 bits per heavy atom. The van der Waals surface area contributed by atoms with E-state index in [2.05, 4.69) is 5.32 Å². The topological polar surface area (TPSA) is 134 Å². The number of carbonyl (C=O) groups is 2. The summed E-state index contributed by atoms with van der Waals surface area (Å²) in [6.45, 7) is 5.34. The van der Waals surface area contributed by atoms with E-state index in [1.807, 2.05) is 0 Å². The van der Waals surface area contributed by atoms with Gasteiger partial charge in [0.25, 0.3) is 0 Å². The molecule has 0 aromatic rings. The molecule has 0 aliphatic heterocycles. The zero-order chi connectivity index (χ0) is 15.1. The molecule has 8 heteroatoms. The van der Waals surface area contributed by atoms with Gasteiger partial charge in [-0.2, -0.15) is 5.48 Å². The SMILES string of the molecule is CC(C)(C)OC(=O)N[C@@](CCCCN)(NO)C(=O)O. The average Bonchev–Trinajstić information content (AvgIpc) is 2.25. The summed E-state index contributed by atoms with van der Waals surface area (Å²) in [7, 11) is 0. The lowest BCUT2D eigenvalue weighted by atomic mass is 10.0. The summed E-state index contributed by atoms with van der Waals surface area (Å²) in [5, 5.41) is 20.3. The van der Waals surface area contributed by atoms with Crippen LogP contribution in [0.4, 0.5) is 4.79 Å². The summed E-state index contributed by atoms with van der Waals surface area (Å²) in [5.74, 6) is -1.40. The maximum Gasteiger partial charge on any atom is 0.409 e. The van der Waals surface area contributed by atoms with Gasteiger partial charge in [-0.1, -0.05) is 0 Å². The number of hydroxylamine groups is 1. The van der Waals surface area contributed by atoms with Gasteiger partial charge in [-0.05, 0) is 46.6 Å². The zero-order valence-electron chi connectivity index (χ0n) is 11.5. The average molecular weight is 277 g/mol. The van der Waals surface area contributed by atoms with Gasteiger partial charge < -0.3 is 20.8 Å². The number of aliphatic carboxylic acids is 1. The van der Waals surface area contributed by atoms with Crippen molar-refractivity contribution in [3.8, 4) is 0 Å². The molecule has 6 N–H and O–H groups in total. The van der Waals surface area contributed by atoms with Crippen LogP contribution in [0, 0.1) is 0 Å². The predicted octanol–water partition coefficient (Wildman–Crippen LogP) is 0.400. The van der Waals surface area contributed by atoms with Gasteiger partial charge in [-0.15, -0.1) is 0 Å². The molecule has 0 heterocycles. The summed E-state index contributed by atoms with van der Waals surface area (Å²) in [5.41, 5.74) is 4.22. The third-order valence-electron chi connectivity index (χ3n) is 2.28. The summed E-state index contributed by atoms with van der Waals surface area (Å²) in [6.07, 6.45) is 0.0536. The number of unbranched alkanes of at least 4 members (excludes halogenated alkanes) is 1. The van der Waals surface area contributed by atoms with Gasteiger partial charge in [-0.25, -0.2) is 9.59 Å². The van der Waals surface area contributed by atoms with Crippen molar-refractivity contribution < 1.29 is 24.6 Å². The largest absolute Gasteiger partial charge is 0.478 e. The van der Waals surface area contributed by atoms with E-state index in [-0.39, 0.29) is 6.42 Å². The van der Waals surface area contributed by atoms with Crippen molar-refractivity contribution in [3.63, 3.8) is 0 Å². The number of hydrogen-bond acceptors (Lipinski definition) is 6. The smallest absolute Gasteiger partial charge is 0.409 e. The highest BCUT2D eigenvalue weighted by atomic mass is 16.6. The Morgan fingerprint density at radius 1 is 1.26 bits per heavy atom. The van der Waals surface area contributed by atoms with Crippen molar-refractivity contribution in [2.75, 3.05) is 6.54 Å². The Kier molecular flexibility index (Phi) is 6.74. The molecule has 0 rings (SSSR count). The van der Waals surface area contributed by atoms with Gasteiger partial charge in [0.15, 0.2) is 0 Å². The maximum atomic E-state index is 11.6. The molecule has 0 saturated carbocycles. The zero-order valence-corrected chi connectivity index (χ0v) is 11.5. The van der Waals surface area contributed by atoms with Crippen LogP contribution in [0.15, 0.2) is 0 Å². The first-order valence-corrected chi connectivity index (χ1v) is 6.03. The van der Waals surface area contributed by atoms with Gasteiger partial charge in [0, 0.05) is 0 Å². The number of nitrogens with two attached hydrogens (primary N) is 1. The van der Waals surface area contributed by atoms with Gasteiger partial charge in [-0.3, -0.25) is 5.32 Å². The van der Waals surface area contributed by atoms with Crippen LogP contribution in [0.25, 0.3) is 0 Å². The van der Waals surface area contributed by atoms with E-state index in [9.17, 15) is 9.59 Å². The van der Waals surface area contributed by atoms with E-state index in [4.69, 9.17) is 20.8 Å². The molecule has 19 heavy (non-hydrogen) atoms. The molecule has 1 amide bonds. The van der Waals surface area contributed by atoms with Crippen molar-refractivity contribution in [2.24, 2.45) is 5.73 Å². The van der Waals surface area contributed by atoms with E-state index in [1.54, 1.807) is 26.3 Å². The quantitative estimate of drug-likeness (QED) is 0.258. The van der Waals surface area contributed by atoms with Crippen molar-refractivity contribution in [1.82, 2.24) is 10.8 Å². The Hall–Kier alpha value is -1.38. The number of carboxylic acid groups (broad SMARTS) is 1. The first-order chi connectivity index (χ1) is 8.67. The normalized spacial score (nSPS) is 14.6. The Balaban J connectivity index is 4.75. The molecule has 0 aromatic heterocycles. The molecule has 0 radical (unpaired) electrons. The molecule has 0 unspecified atom stereocenters. The standard InChI is InChI=1S/C11H23N3O5/c1-10(2,3)19-9(17)13-11(14-18,8(15)16)6-4-5-7-12/h14,18H,4-7,12H2,1-3H3,(H,13,17)(H,15,16)/t11-/m0/s1. The van der Waals surface area contributed by atoms with Crippen LogP contribution < -0.4 is 16.5 Å². The molecule has 0 bridgehead atoms. The number of alkyl carbamates (subject to hydrolysis) is 1. The van der Waals surface area contributed by atoms with Gasteiger partial charge in [0.05, 0.1) is 0 Å². The lowest BCUT2D eigenvalue weighted by molar-refractivity contribution is -0.153. The molecule has 1 atom stereocenters. The number of hydrogen-bond donors (Lipinski definition) is 5. The minimum Gasteiger partial charge on any atom is -0.478 e. The Bertz CT molecular complexity index is 316. The monoisotopic (exact) mass is 277 g/mol. The second-order valence-electron chi connectivity index (χ2n) is 5.19. The highest BCUT2D eigenvalue weighted by Crippen LogP contribution is 2.14. The first kappa shape index (κ1) is 17.6. The molecule has 112 valence electrons. The van der Waals surface area contributed by atoms with E-state index in [1.165, 1.54) is 0 Å². The van der Waals surface area contributed by atoms with E-state index in [0.29, 0.717) is 19.4 Å². The van der Waals surface area contributed by atoms with E-state index >= 15 is 0 Å². The molecule has 8 nitrogen and oxygen atoms in total. The van der Waals surface area contributed by atoms with Crippen LogP contribution >= 0.6 is 0 Å². The fraction of sp³-hybridized carbons (Fsp3) is 0.818. The van der Waals surface area contributed by atoms with Crippen LogP contribution in [0.5, 0.6) is 0 Å². The highest BCUT2D eigenvalue weighted by Gasteiger charge is 2.40. The maximum absolute atomic E-state index is 11.6. The Labute approximate surface area is 112 Å². The van der Waals surface area contributed by atoms with Crippen molar-refractivity contribution >= 4 is 12.1 Å². The summed E-state index contributed by atoms with van der Waals surface area (Å²) in [4.78, 5) is 22.8. The summed E-state index contributed by atoms with van der Waals surface area (Å²) < 4.78 is 4.96. The van der Waals surface area contributed by atoms with Crippen molar-refractivity contribution in [2.45, 2.75) is 51.3 Å². The highest BCUT2D eigenvalue weighted by molar-refractivity contribution is 5.83. The van der Waals surface area contributed by atoms with Gasteiger partial charge in [0.2, 0.25) is 5.66 Å². The third kappa shape index (κ3) is 6.37. The second kappa shape index (κ2) is 7.27. The minimum atomic E-state index is -1.97. The van der Waals surface area contributed by atoms with Crippen molar-refractivity contribution in [1.29, 1.82) is 0 Å². The molecule has 0 fully saturated rings. The van der Waals surface area contributed by atoms with E-state index < -0.39 is 23.3 Å². The molecular weight excluding hydrogens is 254 g/mol. The number of carboxylic acids is 1. The van der Waals surface area contributed by atoms with Crippen LogP contribution in [-0.4, -0.2) is 40.2 Å². The minimum absolute atomic E-state index is 0.0186. The number of carbonyl (C=O) groups excluding carboxylic acids is 1. The Morgan fingerprint density at radius 2 is 1.84 bits per heavy atom. The fourth-order valence-corrected chi connectivity index (χ4v) is 1.37. The summed E-state index contributed by atoms with van der Waals surface area (Å²) in [6, 6.07) is 0. The lowest BCUT2D eigenvalue weighted by Gasteiger charge is -2.30. The van der Waals surface area contributed by atoms with Crippen LogP contribution in [0.3, 0.4) is 0 Å². The first-order valence-electron chi connectivity index (χ1n) is 6.03. The van der Waals surface area contributed by atoms with Crippen molar-refractivity contribution in [3.05, 3.63) is 0 Å². The number of rotatable bonds is 7. The fourth-order valence-electron chi connectivity index (χ4n) is 1.37. The molecule has 0 saturated heterocycles. The van der Waals surface area contributed by atoms with Gasteiger partial charge in [0.1, 0.15) is 5.60 Å². The second-order valence-corrected chi connectivity index (χ2v) is 5.19. The molecule has 0 aliphatic rings. The van der Waals surface area contributed by atoms with Crippen LogP contribution in [0.2, 0.25) is 0 Å². The van der Waals surface area contributed by atoms with Crippen LogP contribution in [0.1, 0.15) is 40.0 Å². The number of amides is 1. The summed E-state index contributed by atoms with van der Waals surface area (Å²) >= 11 is 0. The lowest BCUT2D eigenvalue weighted by Crippen LogP contribution is -2.63.